The largest absolute Gasteiger partial charge is 0.356 e. The summed E-state index contributed by atoms with van der Waals surface area (Å²) in [6.07, 6.45) is 3.95. The maximum absolute atomic E-state index is 5.87. The third-order valence-electron chi connectivity index (χ3n) is 2.73. The van der Waals surface area contributed by atoms with Crippen LogP contribution in [0.1, 0.15) is 25.5 Å². The molecule has 0 aliphatic rings. The normalized spacial score (nSPS) is 14.6. The minimum absolute atomic E-state index is 0.0611. The van der Waals surface area contributed by atoms with Gasteiger partial charge in [0.2, 0.25) is 0 Å². The van der Waals surface area contributed by atoms with Gasteiger partial charge in [0.15, 0.2) is 0 Å². The van der Waals surface area contributed by atoms with Crippen molar-refractivity contribution >= 4 is 17.6 Å². The van der Waals surface area contributed by atoms with Crippen LogP contribution in [-0.4, -0.2) is 30.1 Å². The molecular weight excluding hydrogens is 218 g/mol. The third kappa shape index (κ3) is 3.39. The number of nitrogens with zero attached hydrogens (tertiary/aromatic N) is 2. The minimum Gasteiger partial charge on any atom is -0.356 e. The Morgan fingerprint density at radius 2 is 2.19 bits per heavy atom. The number of anilines is 1. The number of rotatable bonds is 5. The van der Waals surface area contributed by atoms with E-state index in [-0.39, 0.29) is 6.04 Å². The fourth-order valence-electron chi connectivity index (χ4n) is 1.49. The van der Waals surface area contributed by atoms with Crippen molar-refractivity contribution in [3.63, 3.8) is 0 Å². The molecule has 0 spiro atoms. The SMILES string of the molecule is CSCC(C)N(C)c1cc([C@H](C)N)ccn1. The topological polar surface area (TPSA) is 42.1 Å². The van der Waals surface area contributed by atoms with E-state index in [4.69, 9.17) is 5.73 Å². The number of aromatic nitrogens is 1. The van der Waals surface area contributed by atoms with Crippen molar-refractivity contribution in [3.05, 3.63) is 23.9 Å². The van der Waals surface area contributed by atoms with E-state index >= 15 is 0 Å². The Balaban J connectivity index is 2.82. The second-order valence-electron chi connectivity index (χ2n) is 4.15. The average molecular weight is 239 g/mol. The molecule has 3 nitrogen and oxygen atoms in total. The lowest BCUT2D eigenvalue weighted by atomic mass is 10.1. The predicted octanol–water partition coefficient (Wildman–Crippen LogP) is 2.29. The average Bonchev–Trinajstić information content (AvgIpc) is 2.28. The summed E-state index contributed by atoms with van der Waals surface area (Å²) in [6, 6.07) is 4.58. The van der Waals surface area contributed by atoms with Gasteiger partial charge in [-0.05, 0) is 37.8 Å². The van der Waals surface area contributed by atoms with Gasteiger partial charge in [-0.25, -0.2) is 4.98 Å². The zero-order valence-electron chi connectivity index (χ0n) is 10.5. The second kappa shape index (κ2) is 6.11. The van der Waals surface area contributed by atoms with E-state index in [0.29, 0.717) is 6.04 Å². The van der Waals surface area contributed by atoms with Gasteiger partial charge in [-0.3, -0.25) is 0 Å². The molecule has 2 atom stereocenters. The van der Waals surface area contributed by atoms with Crippen molar-refractivity contribution in [1.29, 1.82) is 0 Å². The molecule has 0 saturated heterocycles. The first-order valence-corrected chi connectivity index (χ1v) is 6.89. The van der Waals surface area contributed by atoms with Crippen LogP contribution < -0.4 is 10.6 Å². The zero-order valence-corrected chi connectivity index (χ0v) is 11.3. The fraction of sp³-hybridized carbons (Fsp3) is 0.583. The highest BCUT2D eigenvalue weighted by molar-refractivity contribution is 7.98. The summed E-state index contributed by atoms with van der Waals surface area (Å²) in [5, 5.41) is 0. The molecule has 0 aliphatic heterocycles. The van der Waals surface area contributed by atoms with Crippen LogP contribution in [-0.2, 0) is 0 Å². The van der Waals surface area contributed by atoms with Crippen molar-refractivity contribution in [2.45, 2.75) is 25.9 Å². The molecule has 0 bridgehead atoms. The molecule has 1 aromatic rings. The lowest BCUT2D eigenvalue weighted by Gasteiger charge is -2.26. The van der Waals surface area contributed by atoms with E-state index in [0.717, 1.165) is 17.1 Å². The van der Waals surface area contributed by atoms with Gasteiger partial charge < -0.3 is 10.6 Å². The van der Waals surface area contributed by atoms with Crippen molar-refractivity contribution < 1.29 is 0 Å². The third-order valence-corrected chi connectivity index (χ3v) is 3.54. The number of thioether (sulfide) groups is 1. The summed E-state index contributed by atoms with van der Waals surface area (Å²) < 4.78 is 0. The molecule has 16 heavy (non-hydrogen) atoms. The van der Waals surface area contributed by atoms with Gasteiger partial charge in [-0.15, -0.1) is 0 Å². The summed E-state index contributed by atoms with van der Waals surface area (Å²) in [4.78, 5) is 6.58. The molecule has 1 rings (SSSR count). The number of nitrogens with two attached hydrogens (primary N) is 1. The molecule has 90 valence electrons. The van der Waals surface area contributed by atoms with Crippen LogP contribution in [0.4, 0.5) is 5.82 Å². The smallest absolute Gasteiger partial charge is 0.128 e. The van der Waals surface area contributed by atoms with Crippen LogP contribution in [0.15, 0.2) is 18.3 Å². The van der Waals surface area contributed by atoms with Gasteiger partial charge in [0.1, 0.15) is 5.82 Å². The van der Waals surface area contributed by atoms with Crippen LogP contribution >= 0.6 is 11.8 Å². The Morgan fingerprint density at radius 3 is 2.75 bits per heavy atom. The highest BCUT2D eigenvalue weighted by Gasteiger charge is 2.11. The van der Waals surface area contributed by atoms with Crippen molar-refractivity contribution in [2.24, 2.45) is 5.73 Å². The Bertz CT molecular complexity index is 328. The van der Waals surface area contributed by atoms with E-state index in [1.54, 1.807) is 0 Å². The van der Waals surface area contributed by atoms with Gasteiger partial charge in [0, 0.05) is 31.1 Å². The van der Waals surface area contributed by atoms with Gasteiger partial charge in [-0.2, -0.15) is 11.8 Å². The van der Waals surface area contributed by atoms with Crippen molar-refractivity contribution in [1.82, 2.24) is 4.98 Å². The van der Waals surface area contributed by atoms with Crippen LogP contribution in [0.5, 0.6) is 0 Å². The summed E-state index contributed by atoms with van der Waals surface area (Å²) in [7, 11) is 2.08. The van der Waals surface area contributed by atoms with E-state index < -0.39 is 0 Å². The van der Waals surface area contributed by atoms with E-state index in [1.165, 1.54) is 0 Å². The Kier molecular flexibility index (Phi) is 5.09. The number of hydrogen-bond donors (Lipinski definition) is 1. The lowest BCUT2D eigenvalue weighted by molar-refractivity contribution is 0.747. The molecule has 1 aromatic heterocycles. The summed E-state index contributed by atoms with van der Waals surface area (Å²) in [5.41, 5.74) is 7.00. The van der Waals surface area contributed by atoms with Gasteiger partial charge in [-0.1, -0.05) is 0 Å². The quantitative estimate of drug-likeness (QED) is 0.856. The van der Waals surface area contributed by atoms with Crippen LogP contribution in [0.3, 0.4) is 0 Å². The first-order valence-electron chi connectivity index (χ1n) is 5.49. The standard InChI is InChI=1S/C12H21N3S/c1-9(8-16-4)15(3)12-7-11(10(2)13)5-6-14-12/h5-7,9-10H,8,13H2,1-4H3/t9?,10-/m0/s1. The molecule has 0 amide bonds. The summed E-state index contributed by atoms with van der Waals surface area (Å²) >= 11 is 1.85. The molecule has 1 heterocycles. The molecule has 0 saturated carbocycles. The summed E-state index contributed by atoms with van der Waals surface area (Å²) in [6.45, 7) is 4.20. The second-order valence-corrected chi connectivity index (χ2v) is 5.06. The van der Waals surface area contributed by atoms with Gasteiger partial charge >= 0.3 is 0 Å². The first kappa shape index (κ1) is 13.3. The molecule has 2 N–H and O–H groups in total. The Labute approximate surface area is 102 Å². The zero-order chi connectivity index (χ0) is 12.1. The van der Waals surface area contributed by atoms with Crippen molar-refractivity contribution in [2.75, 3.05) is 24.0 Å². The molecule has 0 radical (unpaired) electrons. The van der Waals surface area contributed by atoms with E-state index in [1.807, 2.05) is 30.9 Å². The number of hydrogen-bond acceptors (Lipinski definition) is 4. The van der Waals surface area contributed by atoms with Gasteiger partial charge in [0.05, 0.1) is 0 Å². The first-order chi connectivity index (χ1) is 7.56. The van der Waals surface area contributed by atoms with Crippen LogP contribution in [0.25, 0.3) is 0 Å². The van der Waals surface area contributed by atoms with Gasteiger partial charge in [0.25, 0.3) is 0 Å². The monoisotopic (exact) mass is 239 g/mol. The highest BCUT2D eigenvalue weighted by atomic mass is 32.2. The Hall–Kier alpha value is -0.740. The molecular formula is C12H21N3S. The fourth-order valence-corrected chi connectivity index (χ4v) is 2.20. The highest BCUT2D eigenvalue weighted by Crippen LogP contribution is 2.18. The maximum Gasteiger partial charge on any atom is 0.128 e. The molecule has 4 heteroatoms. The Morgan fingerprint density at radius 1 is 1.50 bits per heavy atom. The number of pyridine rings is 1. The maximum atomic E-state index is 5.87. The predicted molar refractivity (Wildman–Crippen MR) is 73.1 cm³/mol. The van der Waals surface area contributed by atoms with E-state index in [2.05, 4.69) is 36.2 Å². The summed E-state index contributed by atoms with van der Waals surface area (Å²) in [5.74, 6) is 2.09. The molecule has 0 fully saturated rings. The molecule has 0 aromatic carbocycles. The van der Waals surface area contributed by atoms with Crippen molar-refractivity contribution in [3.8, 4) is 0 Å². The minimum atomic E-state index is 0.0611. The van der Waals surface area contributed by atoms with Crippen LogP contribution in [0.2, 0.25) is 0 Å². The lowest BCUT2D eigenvalue weighted by Crippen LogP contribution is -2.31. The molecule has 1 unspecified atom stereocenters. The van der Waals surface area contributed by atoms with Crippen LogP contribution in [0, 0.1) is 0 Å². The molecule has 0 aliphatic carbocycles. The van der Waals surface area contributed by atoms with E-state index in [9.17, 15) is 0 Å².